The van der Waals surface area contributed by atoms with Crippen LogP contribution in [0, 0.1) is 11.7 Å². The van der Waals surface area contributed by atoms with Crippen LogP contribution in [0.2, 0.25) is 0 Å². The standard InChI is InChI=1S/C22H24FN5O3S/c1-27-19-17(21(30)28(2)22(27)31)20(26-18(25-19)13-8-10-14(23)11-9-13)32-12-16(29)24-15-6-4-3-5-7-15/h3-11,17-20,25-26H,12H2,1-2H3,(H,24,29). The summed E-state index contributed by atoms with van der Waals surface area (Å²) in [6, 6.07) is 14.7. The van der Waals surface area contributed by atoms with Crippen LogP contribution >= 0.6 is 11.8 Å². The number of imide groups is 1. The molecule has 2 aromatic rings. The van der Waals surface area contributed by atoms with Gasteiger partial charge in [-0.2, -0.15) is 0 Å². The highest BCUT2D eigenvalue weighted by molar-refractivity contribution is 8.00. The van der Waals surface area contributed by atoms with Crippen LogP contribution in [0.15, 0.2) is 54.6 Å². The zero-order valence-electron chi connectivity index (χ0n) is 17.6. The SMILES string of the molecule is CN1C(=O)C2C(SCC(=O)Nc3ccccc3)NC(c3ccc(F)cc3)NC2N(C)C1=O. The minimum absolute atomic E-state index is 0.112. The molecule has 32 heavy (non-hydrogen) atoms. The van der Waals surface area contributed by atoms with E-state index < -0.39 is 29.7 Å². The number of urea groups is 1. The number of halogens is 1. The summed E-state index contributed by atoms with van der Waals surface area (Å²) in [4.78, 5) is 40.6. The number of anilines is 1. The van der Waals surface area contributed by atoms with Crippen molar-refractivity contribution in [1.29, 1.82) is 0 Å². The molecule has 0 bridgehead atoms. The van der Waals surface area contributed by atoms with Crippen LogP contribution in [-0.4, -0.2) is 59.0 Å². The summed E-state index contributed by atoms with van der Waals surface area (Å²) in [5.41, 5.74) is 1.45. The van der Waals surface area contributed by atoms with Crippen molar-refractivity contribution in [3.63, 3.8) is 0 Å². The Morgan fingerprint density at radius 3 is 2.44 bits per heavy atom. The number of carbonyl (C=O) groups is 3. The predicted octanol–water partition coefficient (Wildman–Crippen LogP) is 2.18. The Morgan fingerprint density at radius 2 is 1.75 bits per heavy atom. The quantitative estimate of drug-likeness (QED) is 0.637. The summed E-state index contributed by atoms with van der Waals surface area (Å²) >= 11 is 1.30. The number of benzene rings is 2. The van der Waals surface area contributed by atoms with Crippen LogP contribution in [0.5, 0.6) is 0 Å². The lowest BCUT2D eigenvalue weighted by molar-refractivity contribution is -0.140. The maximum absolute atomic E-state index is 13.4. The van der Waals surface area contributed by atoms with Gasteiger partial charge < -0.3 is 10.2 Å². The maximum Gasteiger partial charge on any atom is 0.327 e. The van der Waals surface area contributed by atoms with Gasteiger partial charge in [-0.25, -0.2) is 9.18 Å². The molecule has 0 radical (unpaired) electrons. The Bertz CT molecular complexity index is 1010. The number of hydrogen-bond acceptors (Lipinski definition) is 6. The monoisotopic (exact) mass is 457 g/mol. The van der Waals surface area contributed by atoms with Gasteiger partial charge in [-0.1, -0.05) is 30.3 Å². The average Bonchev–Trinajstić information content (AvgIpc) is 2.80. The molecule has 2 heterocycles. The Hall–Kier alpha value is -2.95. The molecule has 10 heteroatoms. The molecule has 2 saturated heterocycles. The van der Waals surface area contributed by atoms with Gasteiger partial charge in [0.25, 0.3) is 0 Å². The lowest BCUT2D eigenvalue weighted by Gasteiger charge is -2.50. The predicted molar refractivity (Wildman–Crippen MR) is 120 cm³/mol. The molecule has 0 aromatic heterocycles. The lowest BCUT2D eigenvalue weighted by atomic mass is 9.96. The second-order valence-electron chi connectivity index (χ2n) is 7.73. The third-order valence-corrected chi connectivity index (χ3v) is 6.83. The largest absolute Gasteiger partial charge is 0.327 e. The number of nitrogens with zero attached hydrogens (tertiary/aromatic N) is 2. The molecular weight excluding hydrogens is 433 g/mol. The molecular formula is C22H24FN5O3S. The highest BCUT2D eigenvalue weighted by atomic mass is 32.2. The molecule has 8 nitrogen and oxygen atoms in total. The first-order valence-corrected chi connectivity index (χ1v) is 11.2. The van der Waals surface area contributed by atoms with E-state index in [1.54, 1.807) is 31.3 Å². The fraction of sp³-hybridized carbons (Fsp3) is 0.318. The summed E-state index contributed by atoms with van der Waals surface area (Å²) in [5, 5.41) is 9.03. The van der Waals surface area contributed by atoms with E-state index in [1.807, 2.05) is 18.2 Å². The molecule has 4 amide bonds. The third kappa shape index (κ3) is 4.47. The molecule has 2 aliphatic heterocycles. The Kier molecular flexibility index (Phi) is 6.45. The molecule has 4 rings (SSSR count). The van der Waals surface area contributed by atoms with Crippen molar-refractivity contribution in [2.45, 2.75) is 17.7 Å². The van der Waals surface area contributed by atoms with Crippen LogP contribution in [0.1, 0.15) is 11.7 Å². The molecule has 0 aliphatic carbocycles. The molecule has 0 spiro atoms. The minimum atomic E-state index is -0.603. The molecule has 168 valence electrons. The van der Waals surface area contributed by atoms with E-state index in [4.69, 9.17) is 0 Å². The fourth-order valence-electron chi connectivity index (χ4n) is 3.93. The van der Waals surface area contributed by atoms with E-state index in [2.05, 4.69) is 16.0 Å². The highest BCUT2D eigenvalue weighted by Gasteiger charge is 2.51. The van der Waals surface area contributed by atoms with Gasteiger partial charge in [0, 0.05) is 19.8 Å². The Morgan fingerprint density at radius 1 is 1.06 bits per heavy atom. The number of nitrogens with one attached hydrogen (secondary N) is 3. The van der Waals surface area contributed by atoms with Crippen LogP contribution in [0.25, 0.3) is 0 Å². The first-order valence-electron chi connectivity index (χ1n) is 10.1. The molecule has 4 atom stereocenters. The van der Waals surface area contributed by atoms with Gasteiger partial charge >= 0.3 is 6.03 Å². The van der Waals surface area contributed by atoms with Crippen molar-refractivity contribution in [1.82, 2.24) is 20.4 Å². The van der Waals surface area contributed by atoms with Gasteiger partial charge in [-0.05, 0) is 29.8 Å². The van der Waals surface area contributed by atoms with E-state index >= 15 is 0 Å². The Labute approximate surface area is 189 Å². The molecule has 4 unspecified atom stereocenters. The number of carbonyl (C=O) groups excluding carboxylic acids is 3. The number of thioether (sulfide) groups is 1. The third-order valence-electron chi connectivity index (χ3n) is 5.61. The van der Waals surface area contributed by atoms with Crippen molar-refractivity contribution >= 4 is 35.3 Å². The second kappa shape index (κ2) is 9.27. The summed E-state index contributed by atoms with van der Waals surface area (Å²) in [6.45, 7) is 0. The molecule has 0 saturated carbocycles. The first kappa shape index (κ1) is 22.3. The molecule has 2 aromatic carbocycles. The van der Waals surface area contributed by atoms with Crippen molar-refractivity contribution in [2.75, 3.05) is 25.2 Å². The average molecular weight is 458 g/mol. The Balaban J connectivity index is 1.54. The number of amides is 4. The molecule has 2 aliphatic rings. The molecule has 2 fully saturated rings. The number of rotatable bonds is 5. The normalized spacial score (nSPS) is 25.5. The smallest absolute Gasteiger partial charge is 0.325 e. The number of hydrogen-bond donors (Lipinski definition) is 3. The summed E-state index contributed by atoms with van der Waals surface area (Å²) < 4.78 is 13.4. The molecule has 3 N–H and O–H groups in total. The zero-order chi connectivity index (χ0) is 22.8. The van der Waals surface area contributed by atoms with Crippen molar-refractivity contribution in [3.8, 4) is 0 Å². The van der Waals surface area contributed by atoms with E-state index in [-0.39, 0.29) is 23.4 Å². The minimum Gasteiger partial charge on any atom is -0.325 e. The van der Waals surface area contributed by atoms with Crippen LogP contribution in [0.4, 0.5) is 14.9 Å². The van der Waals surface area contributed by atoms with E-state index in [1.165, 1.54) is 35.8 Å². The van der Waals surface area contributed by atoms with Gasteiger partial charge in [0.1, 0.15) is 5.82 Å². The van der Waals surface area contributed by atoms with Gasteiger partial charge in [-0.15, -0.1) is 11.8 Å². The zero-order valence-corrected chi connectivity index (χ0v) is 18.4. The second-order valence-corrected chi connectivity index (χ2v) is 8.85. The van der Waals surface area contributed by atoms with Crippen LogP contribution in [0.3, 0.4) is 0 Å². The van der Waals surface area contributed by atoms with Crippen LogP contribution < -0.4 is 16.0 Å². The van der Waals surface area contributed by atoms with E-state index in [0.29, 0.717) is 5.69 Å². The van der Waals surface area contributed by atoms with Crippen molar-refractivity contribution in [3.05, 3.63) is 66.0 Å². The first-order chi connectivity index (χ1) is 15.3. The fourth-order valence-corrected chi connectivity index (χ4v) is 5.04. The summed E-state index contributed by atoms with van der Waals surface area (Å²) in [6.07, 6.45) is -1.00. The van der Waals surface area contributed by atoms with Gasteiger partial charge in [0.05, 0.1) is 29.4 Å². The van der Waals surface area contributed by atoms with Crippen LogP contribution in [-0.2, 0) is 9.59 Å². The van der Waals surface area contributed by atoms with E-state index in [9.17, 15) is 18.8 Å². The number of fused-ring (bicyclic) bond motifs is 1. The van der Waals surface area contributed by atoms with Crippen molar-refractivity contribution < 1.29 is 18.8 Å². The summed E-state index contributed by atoms with van der Waals surface area (Å²) in [5.74, 6) is -1.36. The lowest BCUT2D eigenvalue weighted by Crippen LogP contribution is -2.72. The van der Waals surface area contributed by atoms with Crippen molar-refractivity contribution in [2.24, 2.45) is 5.92 Å². The maximum atomic E-state index is 13.4. The topological polar surface area (TPSA) is 93.8 Å². The number of para-hydroxylation sites is 1. The van der Waals surface area contributed by atoms with E-state index in [0.717, 1.165) is 10.5 Å². The summed E-state index contributed by atoms with van der Waals surface area (Å²) in [7, 11) is 3.08. The van der Waals surface area contributed by atoms with Gasteiger partial charge in [-0.3, -0.25) is 25.1 Å². The van der Waals surface area contributed by atoms with Gasteiger partial charge in [0.15, 0.2) is 0 Å². The van der Waals surface area contributed by atoms with Gasteiger partial charge in [0.2, 0.25) is 11.8 Å². The highest BCUT2D eigenvalue weighted by Crippen LogP contribution is 2.34.